The Labute approximate surface area is 121 Å². The third kappa shape index (κ3) is 5.73. The lowest BCUT2D eigenvalue weighted by molar-refractivity contribution is -0.127. The number of nitrogens with one attached hydrogen (secondary N) is 1. The van der Waals surface area contributed by atoms with Gasteiger partial charge in [-0.15, -0.1) is 4.72 Å². The van der Waals surface area contributed by atoms with Crippen LogP contribution in [0.3, 0.4) is 0 Å². The predicted octanol–water partition coefficient (Wildman–Crippen LogP) is 3.90. The van der Waals surface area contributed by atoms with Crippen LogP contribution in [0, 0.1) is 0 Å². The Bertz CT molecular complexity index is 426. The molecule has 0 spiro atoms. The molecule has 1 aromatic carbocycles. The van der Waals surface area contributed by atoms with E-state index in [0.29, 0.717) is 0 Å². The summed E-state index contributed by atoms with van der Waals surface area (Å²) in [5.74, 6) is 0. The summed E-state index contributed by atoms with van der Waals surface area (Å²) in [6.07, 6.45) is -5.12. The lowest BCUT2D eigenvalue weighted by atomic mass is 10.1. The molecule has 0 aliphatic heterocycles. The highest BCUT2D eigenvalue weighted by atomic mass is 32.2. The molecular formula is C14H20F3NOS. The number of hydrogen-bond donors (Lipinski definition) is 1. The highest BCUT2D eigenvalue weighted by Crippen LogP contribution is 2.23. The number of halogens is 3. The SMILES string of the molecule is CC(N[S+]([O-])C(C)(C)C)c1ccc(CC(F)(F)F)cc1. The van der Waals surface area contributed by atoms with Crippen molar-refractivity contribution in [3.05, 3.63) is 35.4 Å². The van der Waals surface area contributed by atoms with Crippen LogP contribution in [0.15, 0.2) is 24.3 Å². The Kier molecular flexibility index (Phi) is 5.52. The molecule has 2 atom stereocenters. The van der Waals surface area contributed by atoms with Crippen molar-refractivity contribution in [1.82, 2.24) is 4.72 Å². The second-order valence-electron chi connectivity index (χ2n) is 5.75. The first kappa shape index (κ1) is 17.3. The van der Waals surface area contributed by atoms with Crippen LogP contribution in [0.4, 0.5) is 13.2 Å². The lowest BCUT2D eigenvalue weighted by Gasteiger charge is -2.26. The van der Waals surface area contributed by atoms with E-state index in [1.807, 2.05) is 27.7 Å². The lowest BCUT2D eigenvalue weighted by Crippen LogP contribution is -2.40. The van der Waals surface area contributed by atoms with Gasteiger partial charge in [0.15, 0.2) is 0 Å². The molecule has 0 fully saturated rings. The van der Waals surface area contributed by atoms with E-state index >= 15 is 0 Å². The van der Waals surface area contributed by atoms with Gasteiger partial charge in [-0.05, 0) is 38.8 Å². The number of alkyl halides is 3. The zero-order chi connectivity index (χ0) is 15.6. The second kappa shape index (κ2) is 6.37. The molecule has 0 amide bonds. The monoisotopic (exact) mass is 307 g/mol. The zero-order valence-electron chi connectivity index (χ0n) is 12.0. The average molecular weight is 307 g/mol. The van der Waals surface area contributed by atoms with Crippen LogP contribution in [0.2, 0.25) is 0 Å². The summed E-state index contributed by atoms with van der Waals surface area (Å²) in [4.78, 5) is 0. The fourth-order valence-electron chi connectivity index (χ4n) is 1.56. The smallest absolute Gasteiger partial charge is 0.393 e. The number of rotatable bonds is 4. The summed E-state index contributed by atoms with van der Waals surface area (Å²) >= 11 is -1.22. The van der Waals surface area contributed by atoms with E-state index < -0.39 is 24.0 Å². The van der Waals surface area contributed by atoms with Crippen molar-refractivity contribution >= 4 is 11.4 Å². The fraction of sp³-hybridized carbons (Fsp3) is 0.571. The molecule has 0 radical (unpaired) electrons. The molecule has 1 rings (SSSR count). The van der Waals surface area contributed by atoms with Gasteiger partial charge in [-0.3, -0.25) is 0 Å². The molecule has 114 valence electrons. The molecule has 0 heterocycles. The Morgan fingerprint density at radius 1 is 1.15 bits per heavy atom. The van der Waals surface area contributed by atoms with Crippen LogP contribution in [-0.2, 0) is 17.8 Å². The molecule has 0 saturated carbocycles. The van der Waals surface area contributed by atoms with Crippen molar-refractivity contribution in [2.75, 3.05) is 0 Å². The van der Waals surface area contributed by atoms with E-state index in [9.17, 15) is 17.7 Å². The van der Waals surface area contributed by atoms with Crippen LogP contribution in [0.1, 0.15) is 44.9 Å². The van der Waals surface area contributed by atoms with Crippen LogP contribution in [0.5, 0.6) is 0 Å². The summed E-state index contributed by atoms with van der Waals surface area (Å²) < 4.78 is 51.3. The first-order valence-corrected chi connectivity index (χ1v) is 7.47. The van der Waals surface area contributed by atoms with E-state index in [1.54, 1.807) is 12.1 Å². The van der Waals surface area contributed by atoms with Gasteiger partial charge in [-0.25, -0.2) is 0 Å². The highest BCUT2D eigenvalue weighted by molar-refractivity contribution is 7.90. The predicted molar refractivity (Wildman–Crippen MR) is 75.6 cm³/mol. The molecule has 2 unspecified atom stereocenters. The third-order valence-electron chi connectivity index (χ3n) is 2.72. The number of benzene rings is 1. The van der Waals surface area contributed by atoms with Gasteiger partial charge in [0.25, 0.3) is 0 Å². The molecule has 20 heavy (non-hydrogen) atoms. The summed E-state index contributed by atoms with van der Waals surface area (Å²) in [5.41, 5.74) is 1.04. The van der Waals surface area contributed by atoms with Crippen molar-refractivity contribution in [2.45, 2.75) is 51.1 Å². The second-order valence-corrected chi connectivity index (χ2v) is 7.75. The van der Waals surface area contributed by atoms with Crippen LogP contribution in [-0.4, -0.2) is 15.5 Å². The molecule has 0 saturated heterocycles. The summed E-state index contributed by atoms with van der Waals surface area (Å²) in [6, 6.07) is 6.01. The van der Waals surface area contributed by atoms with Gasteiger partial charge in [0.05, 0.1) is 12.5 Å². The Morgan fingerprint density at radius 3 is 2.05 bits per heavy atom. The quantitative estimate of drug-likeness (QED) is 0.856. The van der Waals surface area contributed by atoms with Crippen LogP contribution >= 0.6 is 0 Å². The first-order chi connectivity index (χ1) is 8.99. The van der Waals surface area contributed by atoms with E-state index in [4.69, 9.17) is 0 Å². The van der Waals surface area contributed by atoms with Gasteiger partial charge in [0.1, 0.15) is 4.75 Å². The molecule has 1 N–H and O–H groups in total. The highest BCUT2D eigenvalue weighted by Gasteiger charge is 2.29. The largest absolute Gasteiger partial charge is 0.598 e. The van der Waals surface area contributed by atoms with Gasteiger partial charge in [-0.1, -0.05) is 24.3 Å². The molecule has 0 aliphatic rings. The van der Waals surface area contributed by atoms with Gasteiger partial charge in [0, 0.05) is 11.4 Å². The van der Waals surface area contributed by atoms with Crippen molar-refractivity contribution in [3.63, 3.8) is 0 Å². The normalized spacial score (nSPS) is 16.0. The third-order valence-corrected chi connectivity index (χ3v) is 4.40. The Hall–Kier alpha value is -0.720. The van der Waals surface area contributed by atoms with E-state index in [0.717, 1.165) is 5.56 Å². The summed E-state index contributed by atoms with van der Waals surface area (Å²) in [5, 5.41) is 0. The van der Waals surface area contributed by atoms with Gasteiger partial charge in [0.2, 0.25) is 0 Å². The minimum absolute atomic E-state index is 0.185. The van der Waals surface area contributed by atoms with Gasteiger partial charge >= 0.3 is 6.18 Å². The Morgan fingerprint density at radius 2 is 1.65 bits per heavy atom. The van der Waals surface area contributed by atoms with E-state index in [-0.39, 0.29) is 16.4 Å². The molecule has 2 nitrogen and oxygen atoms in total. The fourth-order valence-corrected chi connectivity index (χ4v) is 2.37. The van der Waals surface area contributed by atoms with Crippen molar-refractivity contribution in [1.29, 1.82) is 0 Å². The molecule has 6 heteroatoms. The average Bonchev–Trinajstić information content (AvgIpc) is 2.26. The van der Waals surface area contributed by atoms with Crippen LogP contribution < -0.4 is 4.72 Å². The zero-order valence-corrected chi connectivity index (χ0v) is 12.9. The maximum absolute atomic E-state index is 12.3. The molecule has 0 bridgehead atoms. The molecule has 0 aliphatic carbocycles. The molecule has 1 aromatic rings. The van der Waals surface area contributed by atoms with Crippen LogP contribution in [0.25, 0.3) is 0 Å². The van der Waals surface area contributed by atoms with Crippen molar-refractivity contribution in [3.8, 4) is 0 Å². The van der Waals surface area contributed by atoms with Crippen molar-refractivity contribution < 1.29 is 17.7 Å². The standard InChI is InChI=1S/C14H20F3NOS/c1-10(18-20(19)13(2,3)4)12-7-5-11(6-8-12)9-14(15,16)17/h5-8,10,18H,9H2,1-4H3. The van der Waals surface area contributed by atoms with E-state index in [1.165, 1.54) is 12.1 Å². The minimum atomic E-state index is -4.20. The first-order valence-electron chi connectivity index (χ1n) is 6.33. The van der Waals surface area contributed by atoms with Gasteiger partial charge < -0.3 is 4.55 Å². The minimum Gasteiger partial charge on any atom is -0.598 e. The van der Waals surface area contributed by atoms with E-state index in [2.05, 4.69) is 4.72 Å². The summed E-state index contributed by atoms with van der Waals surface area (Å²) in [6.45, 7) is 7.40. The summed E-state index contributed by atoms with van der Waals surface area (Å²) in [7, 11) is 0. The molecule has 0 aromatic heterocycles. The maximum Gasteiger partial charge on any atom is 0.393 e. The Balaban J connectivity index is 2.69. The molecular weight excluding hydrogens is 287 g/mol. The number of hydrogen-bond acceptors (Lipinski definition) is 2. The maximum atomic E-state index is 12.3. The van der Waals surface area contributed by atoms with Crippen molar-refractivity contribution in [2.24, 2.45) is 0 Å². The topological polar surface area (TPSA) is 35.1 Å². The van der Waals surface area contributed by atoms with Gasteiger partial charge in [-0.2, -0.15) is 13.2 Å².